The zero-order chi connectivity index (χ0) is 22.4. The predicted molar refractivity (Wildman–Crippen MR) is 118 cm³/mol. The summed E-state index contributed by atoms with van der Waals surface area (Å²) in [5.74, 6) is -1.80. The third-order valence-electron chi connectivity index (χ3n) is 5.03. The molecule has 2 atom stereocenters. The van der Waals surface area contributed by atoms with Crippen molar-refractivity contribution in [3.63, 3.8) is 0 Å². The maximum atomic E-state index is 13.6. The highest BCUT2D eigenvalue weighted by atomic mass is 19.1. The molecule has 2 aromatic carbocycles. The van der Waals surface area contributed by atoms with E-state index in [1.807, 2.05) is 6.92 Å². The van der Waals surface area contributed by atoms with Gasteiger partial charge in [-0.05, 0) is 53.9 Å². The molecule has 0 saturated carbocycles. The van der Waals surface area contributed by atoms with Crippen molar-refractivity contribution in [3.05, 3.63) is 95.6 Å². The van der Waals surface area contributed by atoms with Crippen molar-refractivity contribution in [2.75, 3.05) is 5.32 Å². The Kier molecular flexibility index (Phi) is 6.99. The van der Waals surface area contributed by atoms with E-state index < -0.39 is 23.6 Å². The van der Waals surface area contributed by atoms with Gasteiger partial charge in [0.15, 0.2) is 5.78 Å². The smallest absolute Gasteiger partial charge is 0.255 e. The van der Waals surface area contributed by atoms with Crippen LogP contribution in [0.2, 0.25) is 0 Å². The van der Waals surface area contributed by atoms with Gasteiger partial charge >= 0.3 is 0 Å². The van der Waals surface area contributed by atoms with Crippen molar-refractivity contribution in [3.8, 4) is 0 Å². The Hall–Kier alpha value is -3.71. The number of aromatic nitrogens is 1. The van der Waals surface area contributed by atoms with E-state index in [4.69, 9.17) is 11.1 Å². The predicted octanol–water partition coefficient (Wildman–Crippen LogP) is 4.26. The Bertz CT molecular complexity index is 1080. The van der Waals surface area contributed by atoms with Crippen molar-refractivity contribution in [1.82, 2.24) is 4.98 Å². The van der Waals surface area contributed by atoms with Crippen LogP contribution < -0.4 is 11.1 Å². The normalized spacial score (nSPS) is 12.6. The molecule has 0 aliphatic rings. The van der Waals surface area contributed by atoms with Gasteiger partial charge in [0.25, 0.3) is 5.91 Å². The van der Waals surface area contributed by atoms with Crippen molar-refractivity contribution >= 4 is 23.1 Å². The van der Waals surface area contributed by atoms with Gasteiger partial charge in [-0.25, -0.2) is 4.39 Å². The first-order valence-electron chi connectivity index (χ1n) is 9.85. The number of nitrogens with one attached hydrogen (secondary N) is 2. The summed E-state index contributed by atoms with van der Waals surface area (Å²) in [4.78, 5) is 29.1. The standard InChI is InChI=1S/C24H23FN4O2/c1-2-20(17-4-3-5-18(25)14-17)22(27)23(30)21(26)15-6-8-16(9-7-15)24(31)29-19-10-12-28-13-11-19/h3-14,20-21,27H,2,26H2,1H3,(H,28,29,31)/t20-,21-/m1/s1. The number of Topliss-reactive ketones (excluding diaryl/α,β-unsaturated/α-hetero) is 1. The fourth-order valence-electron chi connectivity index (χ4n) is 3.30. The topological polar surface area (TPSA) is 109 Å². The summed E-state index contributed by atoms with van der Waals surface area (Å²) in [7, 11) is 0. The minimum atomic E-state index is -1.05. The maximum absolute atomic E-state index is 13.6. The molecule has 0 spiro atoms. The van der Waals surface area contributed by atoms with Gasteiger partial charge in [-0.3, -0.25) is 14.6 Å². The number of anilines is 1. The maximum Gasteiger partial charge on any atom is 0.255 e. The molecule has 1 heterocycles. The number of hydrogen-bond donors (Lipinski definition) is 3. The molecule has 0 bridgehead atoms. The molecule has 1 aromatic heterocycles. The number of carbonyl (C=O) groups excluding carboxylic acids is 2. The third kappa shape index (κ3) is 5.26. The van der Waals surface area contributed by atoms with Crippen LogP contribution in [0.1, 0.15) is 46.8 Å². The van der Waals surface area contributed by atoms with Crippen LogP contribution >= 0.6 is 0 Å². The van der Waals surface area contributed by atoms with Gasteiger partial charge in [0.1, 0.15) is 5.82 Å². The third-order valence-corrected chi connectivity index (χ3v) is 5.03. The number of amides is 1. The number of pyridine rings is 1. The van der Waals surface area contributed by atoms with Gasteiger partial charge in [0.05, 0.1) is 11.8 Å². The van der Waals surface area contributed by atoms with Crippen LogP contribution in [-0.4, -0.2) is 22.4 Å². The zero-order valence-electron chi connectivity index (χ0n) is 17.0. The molecule has 0 radical (unpaired) electrons. The van der Waals surface area contributed by atoms with Crippen LogP contribution in [0, 0.1) is 11.2 Å². The van der Waals surface area contributed by atoms with Crippen molar-refractivity contribution < 1.29 is 14.0 Å². The van der Waals surface area contributed by atoms with Crippen LogP contribution in [0.15, 0.2) is 73.1 Å². The van der Waals surface area contributed by atoms with Gasteiger partial charge in [0.2, 0.25) is 0 Å². The SMILES string of the molecule is CC[C@@H](C(=N)C(=O)[C@H](N)c1ccc(C(=O)Nc2ccncc2)cc1)c1cccc(F)c1. The number of ketones is 1. The van der Waals surface area contributed by atoms with Gasteiger partial charge < -0.3 is 16.5 Å². The van der Waals surface area contributed by atoms with E-state index >= 15 is 0 Å². The molecule has 4 N–H and O–H groups in total. The summed E-state index contributed by atoms with van der Waals surface area (Å²) >= 11 is 0. The van der Waals surface area contributed by atoms with Gasteiger partial charge in [-0.1, -0.05) is 31.2 Å². The van der Waals surface area contributed by atoms with Gasteiger partial charge in [-0.15, -0.1) is 0 Å². The summed E-state index contributed by atoms with van der Waals surface area (Å²) in [6, 6.07) is 14.6. The number of rotatable bonds is 8. The van der Waals surface area contributed by atoms with Gasteiger partial charge in [0, 0.05) is 29.6 Å². The van der Waals surface area contributed by atoms with Crippen LogP contribution in [0.3, 0.4) is 0 Å². The van der Waals surface area contributed by atoms with Gasteiger partial charge in [-0.2, -0.15) is 0 Å². The zero-order valence-corrected chi connectivity index (χ0v) is 17.0. The number of nitrogens with zero attached hydrogens (tertiary/aromatic N) is 1. The molecule has 7 heteroatoms. The Morgan fingerprint density at radius 3 is 2.35 bits per heavy atom. The van der Waals surface area contributed by atoms with E-state index in [9.17, 15) is 14.0 Å². The van der Waals surface area contributed by atoms with E-state index in [2.05, 4.69) is 10.3 Å². The lowest BCUT2D eigenvalue weighted by molar-refractivity contribution is -0.114. The lowest BCUT2D eigenvalue weighted by Gasteiger charge is -2.19. The summed E-state index contributed by atoms with van der Waals surface area (Å²) in [5, 5.41) is 11.1. The first kappa shape index (κ1) is 22.0. The molecule has 0 unspecified atom stereocenters. The van der Waals surface area contributed by atoms with Crippen molar-refractivity contribution in [1.29, 1.82) is 5.41 Å². The minimum absolute atomic E-state index is 0.167. The largest absolute Gasteiger partial charge is 0.322 e. The molecule has 0 aliphatic carbocycles. The van der Waals surface area contributed by atoms with E-state index in [-0.39, 0.29) is 11.6 Å². The summed E-state index contributed by atoms with van der Waals surface area (Å²) < 4.78 is 13.6. The minimum Gasteiger partial charge on any atom is -0.322 e. The molecule has 0 saturated heterocycles. The number of nitrogens with two attached hydrogens (primary N) is 1. The Morgan fingerprint density at radius 1 is 1.06 bits per heavy atom. The summed E-state index contributed by atoms with van der Waals surface area (Å²) in [6.45, 7) is 1.83. The molecular weight excluding hydrogens is 395 g/mol. The van der Waals surface area contributed by atoms with Crippen LogP contribution in [0.25, 0.3) is 0 Å². The Labute approximate surface area is 179 Å². The molecule has 6 nitrogen and oxygen atoms in total. The number of benzene rings is 2. The number of carbonyl (C=O) groups is 2. The number of hydrogen-bond acceptors (Lipinski definition) is 5. The average molecular weight is 418 g/mol. The molecule has 0 aliphatic heterocycles. The molecule has 3 aromatic rings. The first-order chi connectivity index (χ1) is 14.9. The van der Waals surface area contributed by atoms with Crippen LogP contribution in [-0.2, 0) is 4.79 Å². The molecular formula is C24H23FN4O2. The van der Waals surface area contributed by atoms with Crippen LogP contribution in [0.5, 0.6) is 0 Å². The lowest BCUT2D eigenvalue weighted by atomic mass is 9.86. The Morgan fingerprint density at radius 2 is 1.74 bits per heavy atom. The average Bonchev–Trinajstić information content (AvgIpc) is 2.79. The van der Waals surface area contributed by atoms with Crippen molar-refractivity contribution in [2.24, 2.45) is 5.73 Å². The van der Waals surface area contributed by atoms with E-state index in [1.165, 1.54) is 12.1 Å². The molecule has 158 valence electrons. The highest BCUT2D eigenvalue weighted by Crippen LogP contribution is 2.25. The van der Waals surface area contributed by atoms with Crippen molar-refractivity contribution in [2.45, 2.75) is 25.3 Å². The van der Waals surface area contributed by atoms with E-state index in [0.717, 1.165) is 0 Å². The second-order valence-electron chi connectivity index (χ2n) is 7.08. The highest BCUT2D eigenvalue weighted by molar-refractivity contribution is 6.42. The van der Waals surface area contributed by atoms with Crippen LogP contribution in [0.4, 0.5) is 10.1 Å². The fourth-order valence-corrected chi connectivity index (χ4v) is 3.30. The first-order valence-corrected chi connectivity index (χ1v) is 9.85. The molecule has 3 rings (SSSR count). The number of halogens is 1. The molecule has 1 amide bonds. The Balaban J connectivity index is 1.71. The quantitative estimate of drug-likeness (QED) is 0.475. The van der Waals surface area contributed by atoms with E-state index in [1.54, 1.807) is 60.9 Å². The molecule has 0 fully saturated rings. The summed E-state index contributed by atoms with van der Waals surface area (Å²) in [5.41, 5.74) is 8.03. The second kappa shape index (κ2) is 9.86. The van der Waals surface area contributed by atoms with E-state index in [0.29, 0.717) is 28.8 Å². The summed E-state index contributed by atoms with van der Waals surface area (Å²) in [6.07, 6.45) is 3.62. The monoisotopic (exact) mass is 418 g/mol. The molecule has 31 heavy (non-hydrogen) atoms. The highest BCUT2D eigenvalue weighted by Gasteiger charge is 2.27. The lowest BCUT2D eigenvalue weighted by Crippen LogP contribution is -2.31. The second-order valence-corrected chi connectivity index (χ2v) is 7.08. The fraction of sp³-hybridized carbons (Fsp3) is 0.167.